The van der Waals surface area contributed by atoms with Gasteiger partial charge in [-0.05, 0) is 42.5 Å². The standard InChI is InChI=1S/C20H24N2O2/c1-14(2)17-9-11-18(12-10-17)16(4)21-22-20(23)13-24-19-8-6-5-7-15(19)3/h5-12,14H,13H2,1-4H3,(H,22,23)/b21-16+. The molecule has 4 nitrogen and oxygen atoms in total. The molecule has 2 rings (SSSR count). The number of carbonyl (C=O) groups is 1. The topological polar surface area (TPSA) is 50.7 Å². The number of hydrogen-bond acceptors (Lipinski definition) is 3. The van der Waals surface area contributed by atoms with Gasteiger partial charge in [-0.15, -0.1) is 0 Å². The Labute approximate surface area is 143 Å². The van der Waals surface area contributed by atoms with Gasteiger partial charge in [-0.25, -0.2) is 5.43 Å². The van der Waals surface area contributed by atoms with Crippen LogP contribution in [0, 0.1) is 6.92 Å². The van der Waals surface area contributed by atoms with Crippen LogP contribution in [0.5, 0.6) is 5.75 Å². The van der Waals surface area contributed by atoms with Crippen LogP contribution >= 0.6 is 0 Å². The number of amides is 1. The lowest BCUT2D eigenvalue weighted by Gasteiger charge is -2.08. The minimum Gasteiger partial charge on any atom is -0.483 e. The van der Waals surface area contributed by atoms with Crippen LogP contribution < -0.4 is 10.2 Å². The predicted molar refractivity (Wildman–Crippen MR) is 97.6 cm³/mol. The summed E-state index contributed by atoms with van der Waals surface area (Å²) in [4.78, 5) is 11.9. The maximum absolute atomic E-state index is 11.9. The Balaban J connectivity index is 1.89. The maximum Gasteiger partial charge on any atom is 0.277 e. The van der Waals surface area contributed by atoms with Gasteiger partial charge in [0.1, 0.15) is 5.75 Å². The molecule has 0 aliphatic heterocycles. The second kappa shape index (κ2) is 8.29. The number of hydrogen-bond donors (Lipinski definition) is 1. The van der Waals surface area contributed by atoms with Gasteiger partial charge in [0.15, 0.2) is 6.61 Å². The van der Waals surface area contributed by atoms with Gasteiger partial charge in [0.25, 0.3) is 5.91 Å². The van der Waals surface area contributed by atoms with E-state index in [1.807, 2.05) is 50.2 Å². The molecule has 0 aliphatic rings. The Bertz CT molecular complexity index is 719. The summed E-state index contributed by atoms with van der Waals surface area (Å²) in [6.07, 6.45) is 0. The van der Waals surface area contributed by atoms with Gasteiger partial charge in [0.2, 0.25) is 0 Å². The number of rotatable bonds is 6. The Kier molecular flexibility index (Phi) is 6.13. The Morgan fingerprint density at radius 1 is 1.12 bits per heavy atom. The average molecular weight is 324 g/mol. The summed E-state index contributed by atoms with van der Waals surface area (Å²) in [7, 11) is 0. The molecule has 2 aromatic rings. The molecule has 0 spiro atoms. The van der Waals surface area contributed by atoms with Gasteiger partial charge in [0.05, 0.1) is 5.71 Å². The highest BCUT2D eigenvalue weighted by Crippen LogP contribution is 2.16. The first-order valence-corrected chi connectivity index (χ1v) is 8.09. The van der Waals surface area contributed by atoms with Crippen LogP contribution in [-0.4, -0.2) is 18.2 Å². The molecule has 126 valence electrons. The zero-order chi connectivity index (χ0) is 17.5. The zero-order valence-corrected chi connectivity index (χ0v) is 14.7. The van der Waals surface area contributed by atoms with E-state index in [4.69, 9.17) is 4.74 Å². The second-order valence-corrected chi connectivity index (χ2v) is 6.06. The normalized spacial score (nSPS) is 11.5. The molecule has 1 N–H and O–H groups in total. The average Bonchev–Trinajstić information content (AvgIpc) is 2.59. The zero-order valence-electron chi connectivity index (χ0n) is 14.7. The molecule has 0 atom stereocenters. The van der Waals surface area contributed by atoms with Crippen molar-refractivity contribution >= 4 is 11.6 Å². The monoisotopic (exact) mass is 324 g/mol. The fourth-order valence-electron chi connectivity index (χ4n) is 2.21. The van der Waals surface area contributed by atoms with E-state index in [0.29, 0.717) is 11.7 Å². The summed E-state index contributed by atoms with van der Waals surface area (Å²) in [5.41, 5.74) is 6.55. The van der Waals surface area contributed by atoms with E-state index in [1.54, 1.807) is 0 Å². The van der Waals surface area contributed by atoms with E-state index in [1.165, 1.54) is 5.56 Å². The lowest BCUT2D eigenvalue weighted by molar-refractivity contribution is -0.123. The van der Waals surface area contributed by atoms with Crippen molar-refractivity contribution in [2.45, 2.75) is 33.6 Å². The number of ether oxygens (including phenoxy) is 1. The number of aryl methyl sites for hydroxylation is 1. The van der Waals surface area contributed by atoms with E-state index in [-0.39, 0.29) is 12.5 Å². The minimum absolute atomic E-state index is 0.0616. The molecule has 0 saturated carbocycles. The Hall–Kier alpha value is -2.62. The SMILES string of the molecule is C/C(=N\NC(=O)COc1ccccc1C)c1ccc(C(C)C)cc1. The summed E-state index contributed by atoms with van der Waals surface area (Å²) >= 11 is 0. The van der Waals surface area contributed by atoms with Crippen LogP contribution in [0.2, 0.25) is 0 Å². The molecule has 2 aromatic carbocycles. The van der Waals surface area contributed by atoms with Crippen LogP contribution in [0.25, 0.3) is 0 Å². The Morgan fingerprint density at radius 2 is 1.79 bits per heavy atom. The molecule has 0 bridgehead atoms. The summed E-state index contributed by atoms with van der Waals surface area (Å²) in [6.45, 7) is 8.06. The molecular formula is C20H24N2O2. The van der Waals surface area contributed by atoms with Gasteiger partial charge in [-0.1, -0.05) is 56.3 Å². The maximum atomic E-state index is 11.9. The van der Waals surface area contributed by atoms with Crippen LogP contribution in [0.4, 0.5) is 0 Å². The van der Waals surface area contributed by atoms with Crippen molar-refractivity contribution < 1.29 is 9.53 Å². The van der Waals surface area contributed by atoms with Gasteiger partial charge >= 0.3 is 0 Å². The van der Waals surface area contributed by atoms with Crippen LogP contribution in [0.3, 0.4) is 0 Å². The lowest BCUT2D eigenvalue weighted by atomic mass is 10.0. The van der Waals surface area contributed by atoms with Crippen molar-refractivity contribution in [2.24, 2.45) is 5.10 Å². The number of nitrogens with one attached hydrogen (secondary N) is 1. The van der Waals surface area contributed by atoms with Crippen LogP contribution in [-0.2, 0) is 4.79 Å². The third-order valence-corrected chi connectivity index (χ3v) is 3.80. The second-order valence-electron chi connectivity index (χ2n) is 6.06. The van der Waals surface area contributed by atoms with Gasteiger partial charge in [-0.3, -0.25) is 4.79 Å². The first-order chi connectivity index (χ1) is 11.5. The molecular weight excluding hydrogens is 300 g/mol. The van der Waals surface area contributed by atoms with E-state index in [9.17, 15) is 4.79 Å². The predicted octanol–water partition coefficient (Wildman–Crippen LogP) is 4.04. The molecule has 0 fully saturated rings. The van der Waals surface area contributed by atoms with Crippen molar-refractivity contribution in [3.63, 3.8) is 0 Å². The summed E-state index contributed by atoms with van der Waals surface area (Å²) in [6, 6.07) is 15.8. The number of hydrazone groups is 1. The van der Waals surface area contributed by atoms with E-state index < -0.39 is 0 Å². The molecule has 0 radical (unpaired) electrons. The smallest absolute Gasteiger partial charge is 0.277 e. The third kappa shape index (κ3) is 4.95. The van der Waals surface area contributed by atoms with Crippen LogP contribution in [0.15, 0.2) is 53.6 Å². The third-order valence-electron chi connectivity index (χ3n) is 3.80. The van der Waals surface area contributed by atoms with Crippen LogP contribution in [0.1, 0.15) is 43.4 Å². The van der Waals surface area contributed by atoms with Gasteiger partial charge < -0.3 is 4.74 Å². The molecule has 0 aliphatic carbocycles. The number of benzene rings is 2. The largest absolute Gasteiger partial charge is 0.483 e. The highest BCUT2D eigenvalue weighted by atomic mass is 16.5. The molecule has 0 saturated heterocycles. The first-order valence-electron chi connectivity index (χ1n) is 8.09. The van der Waals surface area contributed by atoms with E-state index in [2.05, 4.69) is 36.5 Å². The number of nitrogens with zero attached hydrogens (tertiary/aromatic N) is 1. The van der Waals surface area contributed by atoms with Gasteiger partial charge in [-0.2, -0.15) is 5.10 Å². The van der Waals surface area contributed by atoms with Crippen molar-refractivity contribution in [1.82, 2.24) is 5.43 Å². The van der Waals surface area contributed by atoms with Crippen molar-refractivity contribution in [3.05, 3.63) is 65.2 Å². The highest BCUT2D eigenvalue weighted by Gasteiger charge is 2.05. The Morgan fingerprint density at radius 3 is 2.42 bits per heavy atom. The van der Waals surface area contributed by atoms with Crippen molar-refractivity contribution in [2.75, 3.05) is 6.61 Å². The minimum atomic E-state index is -0.281. The number of carbonyl (C=O) groups excluding carboxylic acids is 1. The molecule has 4 heteroatoms. The quantitative estimate of drug-likeness (QED) is 0.644. The summed E-state index contributed by atoms with van der Waals surface area (Å²) < 4.78 is 5.50. The van der Waals surface area contributed by atoms with E-state index >= 15 is 0 Å². The van der Waals surface area contributed by atoms with Crippen molar-refractivity contribution in [1.29, 1.82) is 0 Å². The van der Waals surface area contributed by atoms with E-state index in [0.717, 1.165) is 16.8 Å². The molecule has 0 unspecified atom stereocenters. The lowest BCUT2D eigenvalue weighted by Crippen LogP contribution is -2.25. The fraction of sp³-hybridized carbons (Fsp3) is 0.300. The van der Waals surface area contributed by atoms with Gasteiger partial charge in [0, 0.05) is 0 Å². The highest BCUT2D eigenvalue weighted by molar-refractivity contribution is 5.99. The first kappa shape index (κ1) is 17.7. The summed E-state index contributed by atoms with van der Waals surface area (Å²) in [5, 5.41) is 4.14. The fourth-order valence-corrected chi connectivity index (χ4v) is 2.21. The van der Waals surface area contributed by atoms with Crippen molar-refractivity contribution in [3.8, 4) is 5.75 Å². The molecule has 1 amide bonds. The molecule has 0 aromatic heterocycles. The molecule has 24 heavy (non-hydrogen) atoms. The molecule has 0 heterocycles. The summed E-state index contributed by atoms with van der Waals surface area (Å²) in [5.74, 6) is 0.920. The number of para-hydroxylation sites is 1.